The molecule has 0 aliphatic carbocycles. The van der Waals surface area contributed by atoms with Gasteiger partial charge < -0.3 is 14.2 Å². The van der Waals surface area contributed by atoms with Crippen molar-refractivity contribution < 1.29 is 14.2 Å². The summed E-state index contributed by atoms with van der Waals surface area (Å²) in [6.07, 6.45) is 1.71. The molecule has 1 aliphatic rings. The first kappa shape index (κ1) is 13.6. The Labute approximate surface area is 116 Å². The zero-order valence-electron chi connectivity index (χ0n) is 10.4. The highest BCUT2D eigenvalue weighted by molar-refractivity contribution is 9.10. The van der Waals surface area contributed by atoms with Gasteiger partial charge in [-0.05, 0) is 31.2 Å². The van der Waals surface area contributed by atoms with E-state index in [4.69, 9.17) is 14.2 Å². The highest BCUT2D eigenvalue weighted by atomic mass is 79.9. The molecule has 0 saturated carbocycles. The molecule has 0 bridgehead atoms. The van der Waals surface area contributed by atoms with E-state index in [2.05, 4.69) is 22.5 Å². The lowest BCUT2D eigenvalue weighted by atomic mass is 10.1. The molecule has 1 aromatic carbocycles. The molecule has 0 amide bonds. The summed E-state index contributed by atoms with van der Waals surface area (Å²) in [7, 11) is 0. The first-order valence-corrected chi connectivity index (χ1v) is 6.68. The van der Waals surface area contributed by atoms with Crippen molar-refractivity contribution in [1.82, 2.24) is 0 Å². The standard InChI is InChI=1S/C14H17BrO3/c1-3-14(2)10-16-8-13(18-14)9-17-12-6-4-11(15)5-7-12/h3-7,13H,1,8-10H2,2H3. The molecule has 1 aliphatic heterocycles. The summed E-state index contributed by atoms with van der Waals surface area (Å²) in [5.41, 5.74) is -0.411. The van der Waals surface area contributed by atoms with Crippen molar-refractivity contribution in [2.75, 3.05) is 19.8 Å². The molecule has 2 atom stereocenters. The van der Waals surface area contributed by atoms with Crippen molar-refractivity contribution >= 4 is 15.9 Å². The molecule has 0 spiro atoms. The average molecular weight is 313 g/mol. The Balaban J connectivity index is 1.86. The van der Waals surface area contributed by atoms with Crippen LogP contribution < -0.4 is 4.74 Å². The topological polar surface area (TPSA) is 27.7 Å². The molecule has 1 aromatic rings. The zero-order valence-corrected chi connectivity index (χ0v) is 12.0. The van der Waals surface area contributed by atoms with Crippen molar-refractivity contribution in [2.24, 2.45) is 0 Å². The molecular formula is C14H17BrO3. The third-order valence-corrected chi connectivity index (χ3v) is 3.34. The van der Waals surface area contributed by atoms with Gasteiger partial charge in [0.1, 0.15) is 24.1 Å². The summed E-state index contributed by atoms with van der Waals surface area (Å²) in [5.74, 6) is 0.827. The maximum absolute atomic E-state index is 5.89. The molecule has 98 valence electrons. The third-order valence-electron chi connectivity index (χ3n) is 2.81. The van der Waals surface area contributed by atoms with Crippen LogP contribution >= 0.6 is 15.9 Å². The average Bonchev–Trinajstić information content (AvgIpc) is 2.38. The lowest BCUT2D eigenvalue weighted by Gasteiger charge is -2.36. The van der Waals surface area contributed by atoms with E-state index in [9.17, 15) is 0 Å². The van der Waals surface area contributed by atoms with Gasteiger partial charge in [0.2, 0.25) is 0 Å². The summed E-state index contributed by atoms with van der Waals surface area (Å²) in [6, 6.07) is 7.73. The van der Waals surface area contributed by atoms with Gasteiger partial charge in [-0.25, -0.2) is 0 Å². The van der Waals surface area contributed by atoms with E-state index in [1.54, 1.807) is 6.08 Å². The lowest BCUT2D eigenvalue weighted by molar-refractivity contribution is -0.176. The van der Waals surface area contributed by atoms with Gasteiger partial charge >= 0.3 is 0 Å². The molecule has 0 N–H and O–H groups in total. The van der Waals surface area contributed by atoms with Crippen LogP contribution in [0.15, 0.2) is 41.4 Å². The highest BCUT2D eigenvalue weighted by Crippen LogP contribution is 2.22. The van der Waals surface area contributed by atoms with E-state index in [0.29, 0.717) is 19.8 Å². The van der Waals surface area contributed by atoms with Gasteiger partial charge in [0.05, 0.1) is 13.2 Å². The van der Waals surface area contributed by atoms with Crippen LogP contribution in [0.5, 0.6) is 5.75 Å². The quantitative estimate of drug-likeness (QED) is 0.799. The molecular weight excluding hydrogens is 296 g/mol. The molecule has 1 heterocycles. The van der Waals surface area contributed by atoms with E-state index in [1.165, 1.54) is 0 Å². The van der Waals surface area contributed by atoms with E-state index in [-0.39, 0.29) is 6.10 Å². The summed E-state index contributed by atoms with van der Waals surface area (Å²) >= 11 is 3.39. The molecule has 0 radical (unpaired) electrons. The first-order valence-electron chi connectivity index (χ1n) is 5.89. The van der Waals surface area contributed by atoms with Gasteiger partial charge in [0, 0.05) is 4.47 Å². The summed E-state index contributed by atoms with van der Waals surface area (Å²) in [6.45, 7) is 7.31. The largest absolute Gasteiger partial charge is 0.491 e. The van der Waals surface area contributed by atoms with Gasteiger partial charge in [-0.3, -0.25) is 0 Å². The van der Waals surface area contributed by atoms with Gasteiger partial charge in [0.25, 0.3) is 0 Å². The van der Waals surface area contributed by atoms with Crippen LogP contribution in [0.3, 0.4) is 0 Å². The van der Waals surface area contributed by atoms with E-state index in [0.717, 1.165) is 10.2 Å². The maximum Gasteiger partial charge on any atom is 0.119 e. The molecule has 1 fully saturated rings. The smallest absolute Gasteiger partial charge is 0.119 e. The molecule has 0 aromatic heterocycles. The molecule has 2 rings (SSSR count). The fourth-order valence-electron chi connectivity index (χ4n) is 1.75. The zero-order chi connectivity index (χ0) is 13.0. The highest BCUT2D eigenvalue weighted by Gasteiger charge is 2.31. The molecule has 18 heavy (non-hydrogen) atoms. The number of hydrogen-bond acceptors (Lipinski definition) is 3. The van der Waals surface area contributed by atoms with Crippen molar-refractivity contribution in [1.29, 1.82) is 0 Å². The summed E-state index contributed by atoms with van der Waals surface area (Å²) in [5, 5.41) is 0. The Morgan fingerprint density at radius 1 is 1.50 bits per heavy atom. The fraction of sp³-hybridized carbons (Fsp3) is 0.429. The Morgan fingerprint density at radius 3 is 2.89 bits per heavy atom. The van der Waals surface area contributed by atoms with Crippen LogP contribution in [0.1, 0.15) is 6.92 Å². The minimum atomic E-state index is -0.411. The number of ether oxygens (including phenoxy) is 3. The molecule has 4 heteroatoms. The van der Waals surface area contributed by atoms with Crippen molar-refractivity contribution in [2.45, 2.75) is 18.6 Å². The third kappa shape index (κ3) is 3.57. The Hall–Kier alpha value is -0.840. The monoisotopic (exact) mass is 312 g/mol. The maximum atomic E-state index is 5.89. The second kappa shape index (κ2) is 5.87. The minimum Gasteiger partial charge on any atom is -0.491 e. The molecule has 1 saturated heterocycles. The minimum absolute atomic E-state index is 0.0644. The van der Waals surface area contributed by atoms with Crippen molar-refractivity contribution in [3.63, 3.8) is 0 Å². The SMILES string of the molecule is C=CC1(C)COCC(COc2ccc(Br)cc2)O1. The number of benzene rings is 1. The van der Waals surface area contributed by atoms with Gasteiger partial charge in [-0.1, -0.05) is 22.0 Å². The van der Waals surface area contributed by atoms with Crippen LogP contribution in [0.25, 0.3) is 0 Å². The Bertz CT molecular complexity index is 404. The van der Waals surface area contributed by atoms with Gasteiger partial charge in [-0.15, -0.1) is 6.58 Å². The van der Waals surface area contributed by atoms with Gasteiger partial charge in [-0.2, -0.15) is 0 Å². The first-order chi connectivity index (χ1) is 8.61. The van der Waals surface area contributed by atoms with Crippen molar-refractivity contribution in [3.8, 4) is 5.75 Å². The van der Waals surface area contributed by atoms with Crippen LogP contribution in [-0.2, 0) is 9.47 Å². The lowest BCUT2D eigenvalue weighted by Crippen LogP contribution is -2.46. The van der Waals surface area contributed by atoms with Gasteiger partial charge in [0.15, 0.2) is 0 Å². The Kier molecular flexibility index (Phi) is 4.43. The van der Waals surface area contributed by atoms with E-state index < -0.39 is 5.60 Å². The second-order valence-electron chi connectivity index (χ2n) is 4.54. The van der Waals surface area contributed by atoms with E-state index in [1.807, 2.05) is 31.2 Å². The van der Waals surface area contributed by atoms with Crippen LogP contribution in [-0.4, -0.2) is 31.5 Å². The fourth-order valence-corrected chi connectivity index (χ4v) is 2.02. The predicted octanol–water partition coefficient (Wildman–Crippen LogP) is 3.19. The van der Waals surface area contributed by atoms with Crippen LogP contribution in [0.2, 0.25) is 0 Å². The van der Waals surface area contributed by atoms with Crippen molar-refractivity contribution in [3.05, 3.63) is 41.4 Å². The normalized spacial score (nSPS) is 27.8. The number of rotatable bonds is 4. The molecule has 2 unspecified atom stereocenters. The summed E-state index contributed by atoms with van der Waals surface area (Å²) in [4.78, 5) is 0. The van der Waals surface area contributed by atoms with Crippen LogP contribution in [0, 0.1) is 0 Å². The number of halogens is 1. The van der Waals surface area contributed by atoms with E-state index >= 15 is 0 Å². The number of hydrogen-bond donors (Lipinski definition) is 0. The predicted molar refractivity (Wildman–Crippen MR) is 73.9 cm³/mol. The Morgan fingerprint density at radius 2 is 2.22 bits per heavy atom. The molecule has 3 nitrogen and oxygen atoms in total. The second-order valence-corrected chi connectivity index (χ2v) is 5.45. The van der Waals surface area contributed by atoms with Crippen LogP contribution in [0.4, 0.5) is 0 Å². The summed E-state index contributed by atoms with van der Waals surface area (Å²) < 4.78 is 18.1.